The van der Waals surface area contributed by atoms with Crippen molar-refractivity contribution in [3.8, 4) is 0 Å². The van der Waals surface area contributed by atoms with Crippen molar-refractivity contribution in [2.45, 2.75) is 24.8 Å². The van der Waals surface area contributed by atoms with Crippen molar-refractivity contribution in [2.75, 3.05) is 25.1 Å². The number of aryl methyl sites for hydroxylation is 2. The summed E-state index contributed by atoms with van der Waals surface area (Å²) in [4.78, 5) is 23.2. The fraction of sp³-hybridized carbons (Fsp3) is 0.250. The zero-order chi connectivity index (χ0) is 22.9. The van der Waals surface area contributed by atoms with Crippen LogP contribution < -0.4 is 10.3 Å². The molecule has 1 aromatic heterocycles. The number of thioether (sulfide) groups is 1. The molecule has 0 atom stereocenters. The van der Waals surface area contributed by atoms with Gasteiger partial charge >= 0.3 is 0 Å². The molecule has 3 aromatic rings. The number of aromatic nitrogens is 2. The molecule has 3 rings (SSSR count). The lowest BCUT2D eigenvalue weighted by molar-refractivity contribution is 0.0955. The van der Waals surface area contributed by atoms with E-state index in [2.05, 4.69) is 20.5 Å². The summed E-state index contributed by atoms with van der Waals surface area (Å²) in [6.45, 7) is 4.59. The van der Waals surface area contributed by atoms with E-state index in [0.717, 1.165) is 39.1 Å². The van der Waals surface area contributed by atoms with E-state index in [9.17, 15) is 4.79 Å². The number of rotatable bonds is 9. The highest BCUT2D eigenvalue weighted by Gasteiger charge is 2.06. The summed E-state index contributed by atoms with van der Waals surface area (Å²) in [6, 6.07) is 17.1. The molecule has 8 heteroatoms. The monoisotopic (exact) mass is 449 g/mol. The molecule has 0 bridgehead atoms. The van der Waals surface area contributed by atoms with Gasteiger partial charge in [0, 0.05) is 42.0 Å². The van der Waals surface area contributed by atoms with E-state index >= 15 is 0 Å². The Hall–Kier alpha value is -3.23. The van der Waals surface area contributed by atoms with Crippen molar-refractivity contribution in [1.82, 2.24) is 15.4 Å². The quantitative estimate of drug-likeness (QED) is 0.225. The Morgan fingerprint density at radius 1 is 1.09 bits per heavy atom. The Morgan fingerprint density at radius 2 is 1.75 bits per heavy atom. The van der Waals surface area contributed by atoms with Crippen LogP contribution in [0.25, 0.3) is 0 Å². The largest absolute Gasteiger partial charge is 0.395 e. The lowest BCUT2D eigenvalue weighted by Crippen LogP contribution is -2.20. The van der Waals surface area contributed by atoms with Gasteiger partial charge in [0.1, 0.15) is 0 Å². The van der Waals surface area contributed by atoms with Gasteiger partial charge in [-0.1, -0.05) is 36.0 Å². The van der Waals surface area contributed by atoms with Crippen LogP contribution in [0, 0.1) is 13.8 Å². The topological polar surface area (TPSA) is 90.7 Å². The molecule has 0 aliphatic carbocycles. The maximum absolute atomic E-state index is 12.3. The van der Waals surface area contributed by atoms with Crippen LogP contribution in [-0.4, -0.2) is 47.4 Å². The summed E-state index contributed by atoms with van der Waals surface area (Å²) in [5, 5.41) is 13.8. The Balaban J connectivity index is 1.51. The van der Waals surface area contributed by atoms with Gasteiger partial charge in [0.15, 0.2) is 5.16 Å². The molecule has 2 N–H and O–H groups in total. The van der Waals surface area contributed by atoms with Gasteiger partial charge in [-0.05, 0) is 55.3 Å². The van der Waals surface area contributed by atoms with Gasteiger partial charge in [0.2, 0.25) is 0 Å². The average molecular weight is 450 g/mol. The van der Waals surface area contributed by atoms with E-state index in [4.69, 9.17) is 5.11 Å². The number of aliphatic hydroxyl groups excluding tert-OH is 1. The summed E-state index contributed by atoms with van der Waals surface area (Å²) < 4.78 is 0. The molecular formula is C24H27N5O2S. The average Bonchev–Trinajstić information content (AvgIpc) is 2.78. The zero-order valence-corrected chi connectivity index (χ0v) is 19.3. The number of nitrogens with zero attached hydrogens (tertiary/aromatic N) is 4. The van der Waals surface area contributed by atoms with E-state index in [0.29, 0.717) is 12.1 Å². The molecule has 1 amide bonds. The van der Waals surface area contributed by atoms with Crippen LogP contribution >= 0.6 is 11.8 Å². The Kier molecular flexibility index (Phi) is 8.35. The minimum atomic E-state index is -0.266. The summed E-state index contributed by atoms with van der Waals surface area (Å²) in [6.07, 6.45) is 1.60. The fourth-order valence-electron chi connectivity index (χ4n) is 2.98. The van der Waals surface area contributed by atoms with Crippen LogP contribution in [0.15, 0.2) is 64.9 Å². The maximum atomic E-state index is 12.3. The van der Waals surface area contributed by atoms with Crippen LogP contribution in [0.1, 0.15) is 32.9 Å². The molecular weight excluding hydrogens is 422 g/mol. The first kappa shape index (κ1) is 23.4. The highest BCUT2D eigenvalue weighted by Crippen LogP contribution is 2.20. The molecule has 0 radical (unpaired) electrons. The molecule has 0 aliphatic rings. The van der Waals surface area contributed by atoms with Gasteiger partial charge in [-0.2, -0.15) is 5.10 Å². The number of hydrogen-bond acceptors (Lipinski definition) is 7. The minimum Gasteiger partial charge on any atom is -0.395 e. The van der Waals surface area contributed by atoms with Crippen LogP contribution in [0.2, 0.25) is 0 Å². The standard InChI is InChI=1S/C24H27N5O2S/c1-17-14-18(2)27-24(26-17)32-16-20-4-8-21(9-5-20)23(31)28-25-15-19-6-10-22(11-7-19)29(3)12-13-30/h4-11,14-15,30H,12-13,16H2,1-3H3,(H,28,31)/b25-15+. The Labute approximate surface area is 192 Å². The zero-order valence-electron chi connectivity index (χ0n) is 18.4. The number of likely N-dealkylation sites (N-methyl/N-ethyl adjacent to an activating group) is 1. The van der Waals surface area contributed by atoms with Crippen molar-refractivity contribution < 1.29 is 9.90 Å². The molecule has 0 unspecified atom stereocenters. The number of amides is 1. The Morgan fingerprint density at radius 3 is 2.38 bits per heavy atom. The second-order valence-electron chi connectivity index (χ2n) is 7.35. The molecule has 1 heterocycles. The number of anilines is 1. The number of nitrogens with one attached hydrogen (secondary N) is 1. The highest BCUT2D eigenvalue weighted by atomic mass is 32.2. The van der Waals surface area contributed by atoms with Crippen molar-refractivity contribution in [2.24, 2.45) is 5.10 Å². The molecule has 7 nitrogen and oxygen atoms in total. The molecule has 166 valence electrons. The van der Waals surface area contributed by atoms with Crippen molar-refractivity contribution in [1.29, 1.82) is 0 Å². The summed E-state index contributed by atoms with van der Waals surface area (Å²) in [5.41, 5.74) is 7.97. The van der Waals surface area contributed by atoms with E-state index in [1.54, 1.807) is 30.1 Å². The van der Waals surface area contributed by atoms with Gasteiger partial charge in [0.05, 0.1) is 12.8 Å². The third-order valence-corrected chi connectivity index (χ3v) is 5.61. The Bertz CT molecular complexity index is 1050. The summed E-state index contributed by atoms with van der Waals surface area (Å²) >= 11 is 1.57. The fourth-order valence-corrected chi connectivity index (χ4v) is 3.89. The van der Waals surface area contributed by atoms with E-state index in [-0.39, 0.29) is 12.5 Å². The van der Waals surface area contributed by atoms with E-state index in [1.807, 2.05) is 68.3 Å². The second kappa shape index (κ2) is 11.4. The first-order chi connectivity index (χ1) is 15.4. The van der Waals surface area contributed by atoms with Crippen LogP contribution in [-0.2, 0) is 5.75 Å². The smallest absolute Gasteiger partial charge is 0.271 e. The number of hydrogen-bond donors (Lipinski definition) is 2. The SMILES string of the molecule is Cc1cc(C)nc(SCc2ccc(C(=O)N/N=C/c3ccc(N(C)CCO)cc3)cc2)n1. The normalized spacial score (nSPS) is 11.0. The van der Waals surface area contributed by atoms with Gasteiger partial charge in [-0.3, -0.25) is 4.79 Å². The summed E-state index contributed by atoms with van der Waals surface area (Å²) in [7, 11) is 1.92. The van der Waals surface area contributed by atoms with Gasteiger partial charge in [0.25, 0.3) is 5.91 Å². The molecule has 0 saturated heterocycles. The van der Waals surface area contributed by atoms with Crippen molar-refractivity contribution in [3.63, 3.8) is 0 Å². The third-order valence-electron chi connectivity index (χ3n) is 4.69. The molecule has 0 saturated carbocycles. The van der Waals surface area contributed by atoms with Gasteiger partial charge < -0.3 is 10.0 Å². The summed E-state index contributed by atoms with van der Waals surface area (Å²) in [5.74, 6) is 0.462. The third kappa shape index (κ3) is 6.90. The molecule has 0 aliphatic heterocycles. The van der Waals surface area contributed by atoms with Gasteiger partial charge in [-0.25, -0.2) is 15.4 Å². The number of aliphatic hydroxyl groups is 1. The maximum Gasteiger partial charge on any atom is 0.271 e. The number of hydrazone groups is 1. The molecule has 0 spiro atoms. The number of benzene rings is 2. The first-order valence-electron chi connectivity index (χ1n) is 10.2. The molecule has 0 fully saturated rings. The van der Waals surface area contributed by atoms with Crippen LogP contribution in [0.5, 0.6) is 0 Å². The highest BCUT2D eigenvalue weighted by molar-refractivity contribution is 7.98. The van der Waals surface area contributed by atoms with E-state index < -0.39 is 0 Å². The molecule has 32 heavy (non-hydrogen) atoms. The lowest BCUT2D eigenvalue weighted by atomic mass is 10.1. The van der Waals surface area contributed by atoms with Crippen molar-refractivity contribution in [3.05, 3.63) is 82.7 Å². The van der Waals surface area contributed by atoms with Crippen LogP contribution in [0.3, 0.4) is 0 Å². The molecule has 2 aromatic carbocycles. The van der Waals surface area contributed by atoms with Gasteiger partial charge in [-0.15, -0.1) is 0 Å². The lowest BCUT2D eigenvalue weighted by Gasteiger charge is -2.17. The predicted molar refractivity (Wildman–Crippen MR) is 129 cm³/mol. The van der Waals surface area contributed by atoms with Crippen molar-refractivity contribution >= 4 is 29.6 Å². The second-order valence-corrected chi connectivity index (χ2v) is 8.30. The number of carbonyl (C=O) groups is 1. The first-order valence-corrected chi connectivity index (χ1v) is 11.2. The van der Waals surface area contributed by atoms with E-state index in [1.165, 1.54) is 0 Å². The predicted octanol–water partition coefficient (Wildman–Crippen LogP) is 3.58. The minimum absolute atomic E-state index is 0.104. The number of carbonyl (C=O) groups excluding carboxylic acids is 1. The van der Waals surface area contributed by atoms with Crippen LogP contribution in [0.4, 0.5) is 5.69 Å².